The number of ether oxygens (including phenoxy) is 4. The number of aliphatic hydroxyl groups is 1. The third-order valence-corrected chi connectivity index (χ3v) is 18.4. The topological polar surface area (TPSA) is 237 Å². The van der Waals surface area contributed by atoms with Crippen LogP contribution in [0.15, 0.2) is 0 Å². The summed E-state index contributed by atoms with van der Waals surface area (Å²) in [6, 6.07) is 0. The molecule has 0 radical (unpaired) electrons. The average Bonchev–Trinajstić information content (AvgIpc) is 3.52. The molecule has 0 aliphatic heterocycles. The van der Waals surface area contributed by atoms with E-state index in [4.69, 9.17) is 37.0 Å². The molecule has 0 rings (SSSR count). The Balaban J connectivity index is 5.21. The maximum absolute atomic E-state index is 13.0. The Kier molecular flexibility index (Phi) is 59.6. The van der Waals surface area contributed by atoms with Crippen molar-refractivity contribution in [1.82, 2.24) is 0 Å². The first-order valence-corrected chi connectivity index (χ1v) is 39.4. The first kappa shape index (κ1) is 87.1. The third-order valence-electron chi connectivity index (χ3n) is 16.5. The highest BCUT2D eigenvalue weighted by Crippen LogP contribution is 2.45. The van der Waals surface area contributed by atoms with E-state index in [1.165, 1.54) is 148 Å². The minimum absolute atomic E-state index is 0.102. The zero-order chi connectivity index (χ0) is 65.9. The van der Waals surface area contributed by atoms with Gasteiger partial charge in [-0.25, -0.2) is 9.13 Å². The van der Waals surface area contributed by atoms with Crippen LogP contribution in [-0.2, 0) is 65.4 Å². The molecule has 0 heterocycles. The Bertz CT molecular complexity index is 1750. The standard InChI is InChI=1S/C70H136O17P2/c1-8-10-11-12-27-37-44-51-67(72)80-57-66(87-70(75)54-47-40-33-32-36-43-50-63(7)9-2)60-85-89(78,79)83-56-64(71)55-82-88(76,77)84-59-65(58-81-68(73)52-45-38-30-25-21-18-17-20-24-29-35-42-49-62(5)6)86-69(74)53-46-39-31-26-22-16-14-13-15-19-23-28-34-41-48-61(3)4/h61-66,71H,8-60H2,1-7H3,(H,76,77)(H,78,79)/t63?,64-,65-,66-/m1/s1. The zero-order valence-corrected chi connectivity index (χ0v) is 59.7. The normalized spacial score (nSPS) is 14.5. The second-order valence-electron chi connectivity index (χ2n) is 26.5. The van der Waals surface area contributed by atoms with Gasteiger partial charge in [0.25, 0.3) is 0 Å². The van der Waals surface area contributed by atoms with Crippen LogP contribution in [0.25, 0.3) is 0 Å². The number of phosphoric acid groups is 2. The molecule has 0 spiro atoms. The van der Waals surface area contributed by atoms with Gasteiger partial charge in [0.1, 0.15) is 19.3 Å². The number of carbonyl (C=O) groups excluding carboxylic acids is 4. The van der Waals surface area contributed by atoms with Gasteiger partial charge in [-0.05, 0) is 43.4 Å². The van der Waals surface area contributed by atoms with Gasteiger partial charge < -0.3 is 33.8 Å². The molecule has 3 N–H and O–H groups in total. The minimum Gasteiger partial charge on any atom is -0.462 e. The molecule has 0 fully saturated rings. The molecule has 0 amide bonds. The maximum Gasteiger partial charge on any atom is 0.472 e. The fourth-order valence-electron chi connectivity index (χ4n) is 10.5. The van der Waals surface area contributed by atoms with Crippen molar-refractivity contribution in [3.8, 4) is 0 Å². The molecular formula is C70H136O17P2. The molecule has 0 saturated heterocycles. The molecule has 19 heteroatoms. The van der Waals surface area contributed by atoms with E-state index in [0.717, 1.165) is 120 Å². The van der Waals surface area contributed by atoms with Crippen molar-refractivity contribution in [1.29, 1.82) is 0 Å². The van der Waals surface area contributed by atoms with Gasteiger partial charge in [0.2, 0.25) is 0 Å². The highest BCUT2D eigenvalue weighted by atomic mass is 31.2. The summed E-state index contributed by atoms with van der Waals surface area (Å²) in [5.74, 6) is 0.165. The van der Waals surface area contributed by atoms with E-state index in [9.17, 15) is 43.2 Å². The average molecular weight is 1310 g/mol. The molecule has 17 nitrogen and oxygen atoms in total. The summed E-state index contributed by atoms with van der Waals surface area (Å²) in [6.07, 6.45) is 44.6. The smallest absolute Gasteiger partial charge is 0.462 e. The van der Waals surface area contributed by atoms with Crippen LogP contribution in [0.5, 0.6) is 0 Å². The summed E-state index contributed by atoms with van der Waals surface area (Å²) < 4.78 is 68.2. The molecule has 528 valence electrons. The molecule has 0 aliphatic carbocycles. The largest absolute Gasteiger partial charge is 0.472 e. The highest BCUT2D eigenvalue weighted by molar-refractivity contribution is 7.47. The van der Waals surface area contributed by atoms with Gasteiger partial charge in [-0.3, -0.25) is 37.3 Å². The molecule has 0 aromatic rings. The Hall–Kier alpha value is -1.94. The quantitative estimate of drug-likeness (QED) is 0.0222. The third kappa shape index (κ3) is 63.2. The van der Waals surface area contributed by atoms with Crippen LogP contribution >= 0.6 is 15.6 Å². The fraction of sp³-hybridized carbons (Fsp3) is 0.943. The van der Waals surface area contributed by atoms with E-state index < -0.39 is 97.5 Å². The number of aliphatic hydroxyl groups excluding tert-OH is 1. The summed E-state index contributed by atoms with van der Waals surface area (Å²) in [5, 5.41) is 10.6. The van der Waals surface area contributed by atoms with Gasteiger partial charge in [-0.2, -0.15) is 0 Å². The highest BCUT2D eigenvalue weighted by Gasteiger charge is 2.30. The van der Waals surface area contributed by atoms with Gasteiger partial charge in [0.15, 0.2) is 12.2 Å². The Morgan fingerprint density at radius 3 is 0.854 bits per heavy atom. The number of hydrogen-bond acceptors (Lipinski definition) is 15. The monoisotopic (exact) mass is 1310 g/mol. The van der Waals surface area contributed by atoms with Crippen LogP contribution in [0.3, 0.4) is 0 Å². The second-order valence-corrected chi connectivity index (χ2v) is 29.4. The molecule has 0 aliphatic rings. The number of phosphoric ester groups is 2. The van der Waals surface area contributed by atoms with Crippen molar-refractivity contribution in [2.45, 2.75) is 369 Å². The first-order valence-electron chi connectivity index (χ1n) is 36.4. The molecule has 0 bridgehead atoms. The summed E-state index contributed by atoms with van der Waals surface area (Å²) in [5.41, 5.74) is 0. The zero-order valence-electron chi connectivity index (χ0n) is 57.9. The molecule has 6 atom stereocenters. The Morgan fingerprint density at radius 1 is 0.326 bits per heavy atom. The summed E-state index contributed by atoms with van der Waals surface area (Å²) in [4.78, 5) is 72.4. The van der Waals surface area contributed by atoms with Crippen LogP contribution in [-0.4, -0.2) is 96.7 Å². The number of carbonyl (C=O) groups is 4. The SMILES string of the molecule is CCCCCCCCCC(=O)OC[C@H](COP(=O)(O)OC[C@H](O)COP(=O)(O)OC[C@@H](COC(=O)CCCCCCCCCCCCCCC(C)C)OC(=O)CCCCCCCCCCCCCCCCC(C)C)OC(=O)CCCCCCCCC(C)CC. The summed E-state index contributed by atoms with van der Waals surface area (Å²) >= 11 is 0. The number of unbranched alkanes of at least 4 members (excludes halogenated alkanes) is 35. The van der Waals surface area contributed by atoms with E-state index in [1.807, 2.05) is 0 Å². The van der Waals surface area contributed by atoms with Crippen molar-refractivity contribution in [2.24, 2.45) is 17.8 Å². The van der Waals surface area contributed by atoms with Crippen molar-refractivity contribution in [3.63, 3.8) is 0 Å². The van der Waals surface area contributed by atoms with Crippen molar-refractivity contribution >= 4 is 39.5 Å². The van der Waals surface area contributed by atoms with Crippen molar-refractivity contribution in [3.05, 3.63) is 0 Å². The van der Waals surface area contributed by atoms with Crippen LogP contribution in [0.2, 0.25) is 0 Å². The predicted molar refractivity (Wildman–Crippen MR) is 358 cm³/mol. The lowest BCUT2D eigenvalue weighted by atomic mass is 10.00. The van der Waals surface area contributed by atoms with Gasteiger partial charge in [0.05, 0.1) is 26.4 Å². The first-order chi connectivity index (χ1) is 42.8. The molecule has 0 aromatic heterocycles. The lowest BCUT2D eigenvalue weighted by Crippen LogP contribution is -2.30. The predicted octanol–water partition coefficient (Wildman–Crippen LogP) is 19.8. The van der Waals surface area contributed by atoms with Gasteiger partial charge >= 0.3 is 39.5 Å². The second kappa shape index (κ2) is 61.0. The van der Waals surface area contributed by atoms with Crippen LogP contribution in [0, 0.1) is 17.8 Å². The lowest BCUT2D eigenvalue weighted by Gasteiger charge is -2.21. The molecule has 0 aromatic carbocycles. The summed E-state index contributed by atoms with van der Waals surface area (Å²) in [6.45, 7) is 11.8. The van der Waals surface area contributed by atoms with Crippen LogP contribution in [0.1, 0.15) is 350 Å². The lowest BCUT2D eigenvalue weighted by molar-refractivity contribution is -0.161. The van der Waals surface area contributed by atoms with Gasteiger partial charge in [-0.15, -0.1) is 0 Å². The molecular weight excluding hydrogens is 1170 g/mol. The van der Waals surface area contributed by atoms with E-state index in [-0.39, 0.29) is 25.7 Å². The number of rotatable bonds is 68. The van der Waals surface area contributed by atoms with E-state index in [0.29, 0.717) is 25.7 Å². The number of hydrogen-bond donors (Lipinski definition) is 3. The fourth-order valence-corrected chi connectivity index (χ4v) is 12.1. The number of esters is 4. The van der Waals surface area contributed by atoms with Crippen molar-refractivity contribution < 1.29 is 80.2 Å². The Labute approximate surface area is 543 Å². The molecule has 89 heavy (non-hydrogen) atoms. The van der Waals surface area contributed by atoms with Crippen LogP contribution in [0.4, 0.5) is 0 Å². The van der Waals surface area contributed by atoms with E-state index in [2.05, 4.69) is 48.5 Å². The molecule has 0 saturated carbocycles. The molecule has 3 unspecified atom stereocenters. The Morgan fingerprint density at radius 2 is 0.573 bits per heavy atom. The maximum atomic E-state index is 13.0. The minimum atomic E-state index is -4.95. The van der Waals surface area contributed by atoms with Crippen molar-refractivity contribution in [2.75, 3.05) is 39.6 Å². The van der Waals surface area contributed by atoms with E-state index >= 15 is 0 Å². The van der Waals surface area contributed by atoms with Gasteiger partial charge in [-0.1, -0.05) is 299 Å². The van der Waals surface area contributed by atoms with E-state index in [1.54, 1.807) is 0 Å². The van der Waals surface area contributed by atoms with Crippen LogP contribution < -0.4 is 0 Å². The van der Waals surface area contributed by atoms with Gasteiger partial charge in [0, 0.05) is 25.7 Å². The summed E-state index contributed by atoms with van der Waals surface area (Å²) in [7, 11) is -9.90.